The van der Waals surface area contributed by atoms with Crippen LogP contribution in [-0.4, -0.2) is 46.9 Å². The number of hydrogen-bond donors (Lipinski definition) is 3. The van der Waals surface area contributed by atoms with Crippen LogP contribution in [0.3, 0.4) is 0 Å². The third-order valence-electron chi connectivity index (χ3n) is 13.6. The standard InChI is InChI=1S/C58H113NO5/c1-4-7-10-13-16-19-22-25-27-29-31-33-36-39-42-45-48-51-58(63)64-54(49-46-43-40-37-34-24-21-18-15-12-9-6-3)52-57(62)59-55(53-60)56(61)50-47-44-41-38-35-32-30-28-26-23-20-17-14-11-8-5-2/h37,40,54-56,60-61H,4-36,38-39,41-53H2,1-3H3,(H,59,62)/b40-37-. The molecule has 3 N–H and O–H groups in total. The largest absolute Gasteiger partial charge is 0.462 e. The van der Waals surface area contributed by atoms with Crippen LogP contribution >= 0.6 is 0 Å². The minimum absolute atomic E-state index is 0.0643. The van der Waals surface area contributed by atoms with Crippen molar-refractivity contribution in [3.8, 4) is 0 Å². The second-order valence-corrected chi connectivity index (χ2v) is 20.1. The molecule has 0 bridgehead atoms. The number of aliphatic hydroxyl groups is 2. The molecule has 380 valence electrons. The Balaban J connectivity index is 4.46. The zero-order valence-electron chi connectivity index (χ0n) is 43.4. The summed E-state index contributed by atoms with van der Waals surface area (Å²) in [6.07, 6.45) is 60.0. The van der Waals surface area contributed by atoms with Gasteiger partial charge in [0, 0.05) is 6.42 Å². The second kappa shape index (κ2) is 52.6. The van der Waals surface area contributed by atoms with Crippen LogP contribution in [0.5, 0.6) is 0 Å². The van der Waals surface area contributed by atoms with Gasteiger partial charge >= 0.3 is 5.97 Å². The van der Waals surface area contributed by atoms with Crippen molar-refractivity contribution in [3.63, 3.8) is 0 Å². The molecule has 0 aliphatic rings. The molecular formula is C58H113NO5. The van der Waals surface area contributed by atoms with E-state index in [0.29, 0.717) is 19.3 Å². The Bertz CT molecular complexity index is 970. The number of esters is 1. The lowest BCUT2D eigenvalue weighted by atomic mass is 10.0. The van der Waals surface area contributed by atoms with Crippen LogP contribution in [0.4, 0.5) is 0 Å². The molecule has 64 heavy (non-hydrogen) atoms. The van der Waals surface area contributed by atoms with E-state index in [0.717, 1.165) is 51.4 Å². The first-order chi connectivity index (χ1) is 31.5. The van der Waals surface area contributed by atoms with Crippen molar-refractivity contribution >= 4 is 11.9 Å². The summed E-state index contributed by atoms with van der Waals surface area (Å²) in [6.45, 7) is 6.52. The molecule has 0 radical (unpaired) electrons. The van der Waals surface area contributed by atoms with Crippen LogP contribution in [-0.2, 0) is 14.3 Å². The predicted molar refractivity (Wildman–Crippen MR) is 278 cm³/mol. The average Bonchev–Trinajstić information content (AvgIpc) is 3.29. The van der Waals surface area contributed by atoms with Gasteiger partial charge in [-0.15, -0.1) is 0 Å². The minimum atomic E-state index is -0.789. The van der Waals surface area contributed by atoms with Gasteiger partial charge in [0.05, 0.1) is 25.2 Å². The van der Waals surface area contributed by atoms with Crippen LogP contribution in [0.25, 0.3) is 0 Å². The third-order valence-corrected chi connectivity index (χ3v) is 13.6. The number of amides is 1. The summed E-state index contributed by atoms with van der Waals surface area (Å²) < 4.78 is 5.94. The van der Waals surface area contributed by atoms with Crippen molar-refractivity contribution in [3.05, 3.63) is 12.2 Å². The molecule has 6 nitrogen and oxygen atoms in total. The van der Waals surface area contributed by atoms with E-state index in [1.807, 2.05) is 0 Å². The Morgan fingerprint density at radius 1 is 0.438 bits per heavy atom. The fraction of sp³-hybridized carbons (Fsp3) is 0.931. The summed E-state index contributed by atoms with van der Waals surface area (Å²) in [5.41, 5.74) is 0. The maximum absolute atomic E-state index is 13.2. The zero-order chi connectivity index (χ0) is 46.7. The molecule has 0 heterocycles. The summed E-state index contributed by atoms with van der Waals surface area (Å²) in [5, 5.41) is 23.9. The molecule has 3 unspecified atom stereocenters. The van der Waals surface area contributed by atoms with Gasteiger partial charge in [-0.1, -0.05) is 277 Å². The predicted octanol–water partition coefficient (Wildman–Crippen LogP) is 17.7. The summed E-state index contributed by atoms with van der Waals surface area (Å²) in [6, 6.07) is -0.704. The Morgan fingerprint density at radius 2 is 0.766 bits per heavy atom. The first-order valence-electron chi connectivity index (χ1n) is 28.9. The van der Waals surface area contributed by atoms with Crippen molar-refractivity contribution in [1.82, 2.24) is 5.32 Å². The Labute approximate surface area is 399 Å². The van der Waals surface area contributed by atoms with Crippen LogP contribution in [0, 0.1) is 0 Å². The highest BCUT2D eigenvalue weighted by molar-refractivity contribution is 5.77. The molecule has 0 rings (SSSR count). The van der Waals surface area contributed by atoms with Gasteiger partial charge in [0.2, 0.25) is 5.91 Å². The van der Waals surface area contributed by atoms with Gasteiger partial charge in [0.25, 0.3) is 0 Å². The van der Waals surface area contributed by atoms with Crippen molar-refractivity contribution in [2.75, 3.05) is 6.61 Å². The van der Waals surface area contributed by atoms with Crippen LogP contribution in [0.15, 0.2) is 12.2 Å². The van der Waals surface area contributed by atoms with E-state index in [4.69, 9.17) is 4.74 Å². The lowest BCUT2D eigenvalue weighted by Gasteiger charge is -2.24. The van der Waals surface area contributed by atoms with Gasteiger partial charge in [-0.2, -0.15) is 0 Å². The molecule has 0 spiro atoms. The molecular weight excluding hydrogens is 791 g/mol. The number of aliphatic hydroxyl groups excluding tert-OH is 2. The number of ether oxygens (including phenoxy) is 1. The number of rotatable bonds is 53. The van der Waals surface area contributed by atoms with Crippen LogP contribution < -0.4 is 5.32 Å². The average molecular weight is 905 g/mol. The van der Waals surface area contributed by atoms with Gasteiger partial charge in [0.1, 0.15) is 6.10 Å². The molecule has 0 aromatic heterocycles. The van der Waals surface area contributed by atoms with E-state index in [2.05, 4.69) is 38.2 Å². The van der Waals surface area contributed by atoms with Crippen LogP contribution in [0.2, 0.25) is 0 Å². The van der Waals surface area contributed by atoms with Gasteiger partial charge in [-0.05, 0) is 44.9 Å². The van der Waals surface area contributed by atoms with Crippen molar-refractivity contribution in [1.29, 1.82) is 0 Å². The number of carbonyl (C=O) groups is 2. The van der Waals surface area contributed by atoms with E-state index >= 15 is 0 Å². The van der Waals surface area contributed by atoms with Gasteiger partial charge in [0.15, 0.2) is 0 Å². The van der Waals surface area contributed by atoms with E-state index in [-0.39, 0.29) is 24.9 Å². The fourth-order valence-corrected chi connectivity index (χ4v) is 9.20. The van der Waals surface area contributed by atoms with E-state index in [1.54, 1.807) is 0 Å². The molecule has 0 saturated carbocycles. The second-order valence-electron chi connectivity index (χ2n) is 20.1. The molecule has 0 aromatic carbocycles. The van der Waals surface area contributed by atoms with Gasteiger partial charge in [-0.25, -0.2) is 0 Å². The molecule has 0 aliphatic carbocycles. The SMILES string of the molecule is CCCCCCCCC/C=C\CCCC(CC(=O)NC(CO)C(O)CCCCCCCCCCCCCCCCCC)OC(=O)CCCCCCCCCCCCCCCCCCC. The summed E-state index contributed by atoms with van der Waals surface area (Å²) >= 11 is 0. The number of hydrogen-bond acceptors (Lipinski definition) is 5. The normalized spacial score (nSPS) is 13.1. The molecule has 0 saturated heterocycles. The van der Waals surface area contributed by atoms with E-state index < -0.39 is 18.2 Å². The quantitative estimate of drug-likeness (QED) is 0.0321. The van der Waals surface area contributed by atoms with E-state index in [1.165, 1.54) is 225 Å². The molecule has 3 atom stereocenters. The lowest BCUT2D eigenvalue weighted by molar-refractivity contribution is -0.151. The zero-order valence-corrected chi connectivity index (χ0v) is 43.4. The molecule has 0 aliphatic heterocycles. The molecule has 1 amide bonds. The Kier molecular flexibility index (Phi) is 51.4. The smallest absolute Gasteiger partial charge is 0.306 e. The topological polar surface area (TPSA) is 95.9 Å². The van der Waals surface area contributed by atoms with Gasteiger partial charge in [-0.3, -0.25) is 9.59 Å². The maximum atomic E-state index is 13.2. The Hall–Kier alpha value is -1.40. The number of unbranched alkanes of at least 4 members (excludes halogenated alkanes) is 39. The molecule has 0 aromatic rings. The van der Waals surface area contributed by atoms with Gasteiger partial charge < -0.3 is 20.3 Å². The number of carbonyl (C=O) groups excluding carboxylic acids is 2. The van der Waals surface area contributed by atoms with Crippen molar-refractivity contribution < 1.29 is 24.5 Å². The summed E-state index contributed by atoms with van der Waals surface area (Å²) in [4.78, 5) is 26.2. The number of allylic oxidation sites excluding steroid dienone is 2. The summed E-state index contributed by atoms with van der Waals surface area (Å²) in [5.74, 6) is -0.481. The minimum Gasteiger partial charge on any atom is -0.462 e. The first kappa shape index (κ1) is 62.6. The van der Waals surface area contributed by atoms with Crippen molar-refractivity contribution in [2.24, 2.45) is 0 Å². The highest BCUT2D eigenvalue weighted by atomic mass is 16.5. The third kappa shape index (κ3) is 47.1. The highest BCUT2D eigenvalue weighted by Crippen LogP contribution is 2.19. The lowest BCUT2D eigenvalue weighted by Crippen LogP contribution is -2.46. The summed E-state index contributed by atoms with van der Waals surface area (Å²) in [7, 11) is 0. The molecule has 0 fully saturated rings. The van der Waals surface area contributed by atoms with Crippen molar-refractivity contribution in [2.45, 2.75) is 341 Å². The van der Waals surface area contributed by atoms with E-state index in [9.17, 15) is 19.8 Å². The number of nitrogens with one attached hydrogen (secondary N) is 1. The maximum Gasteiger partial charge on any atom is 0.306 e. The van der Waals surface area contributed by atoms with Crippen LogP contribution in [0.1, 0.15) is 323 Å². The monoisotopic (exact) mass is 904 g/mol. The highest BCUT2D eigenvalue weighted by Gasteiger charge is 2.24. The fourth-order valence-electron chi connectivity index (χ4n) is 9.20. The first-order valence-corrected chi connectivity index (χ1v) is 28.9. The Morgan fingerprint density at radius 3 is 1.14 bits per heavy atom. The molecule has 6 heteroatoms.